The molecule has 1 N–H and O–H groups in total. The molecule has 2 heterocycles. The summed E-state index contributed by atoms with van der Waals surface area (Å²) in [5.41, 5.74) is 0. The number of carboxylic acids is 1. The van der Waals surface area contributed by atoms with Gasteiger partial charge < -0.3 is 9.84 Å². The Kier molecular flexibility index (Phi) is 3.58. The second-order valence-corrected chi connectivity index (χ2v) is 5.81. The number of ether oxygens (including phenoxy) is 1. The van der Waals surface area contributed by atoms with Crippen LogP contribution in [0.5, 0.6) is 0 Å². The normalized spacial score (nSPS) is 30.5. The molecule has 8 heteroatoms. The summed E-state index contributed by atoms with van der Waals surface area (Å²) >= 11 is 6.32. The molecule has 98 valence electrons. The number of amides is 1. The van der Waals surface area contributed by atoms with Crippen molar-refractivity contribution in [2.45, 2.75) is 24.0 Å². The molecule has 3 atom stereocenters. The number of aliphatic carboxylic acids is 1. The van der Waals surface area contributed by atoms with E-state index in [1.807, 2.05) is 0 Å². The lowest BCUT2D eigenvalue weighted by Gasteiger charge is -2.48. The molecule has 0 radical (unpaired) electrons. The zero-order valence-corrected chi connectivity index (χ0v) is 11.1. The van der Waals surface area contributed by atoms with E-state index in [0.29, 0.717) is 6.42 Å². The summed E-state index contributed by atoms with van der Waals surface area (Å²) in [6, 6.07) is 0. The fourth-order valence-electron chi connectivity index (χ4n) is 1.93. The van der Waals surface area contributed by atoms with Crippen LogP contribution in [0.4, 0.5) is 0 Å². The van der Waals surface area contributed by atoms with Crippen molar-refractivity contribution in [1.29, 1.82) is 0 Å². The van der Waals surface area contributed by atoms with E-state index in [9.17, 15) is 14.4 Å². The highest BCUT2D eigenvalue weighted by Gasteiger charge is 2.51. The first kappa shape index (κ1) is 13.3. The van der Waals surface area contributed by atoms with E-state index in [0.717, 1.165) is 0 Å². The molecule has 2 fully saturated rings. The Labute approximate surface area is 113 Å². The van der Waals surface area contributed by atoms with Crippen molar-refractivity contribution in [3.05, 3.63) is 0 Å². The van der Waals surface area contributed by atoms with E-state index in [1.165, 1.54) is 23.6 Å². The van der Waals surface area contributed by atoms with E-state index in [1.54, 1.807) is 0 Å². The molecule has 0 aromatic rings. The van der Waals surface area contributed by atoms with Gasteiger partial charge in [-0.05, 0) is 0 Å². The minimum atomic E-state index is -1.00. The highest BCUT2D eigenvalue weighted by atomic mass is 32.2. The molecule has 2 aliphatic rings. The fourth-order valence-corrected chi connectivity index (χ4v) is 3.96. The Morgan fingerprint density at radius 2 is 2.28 bits per heavy atom. The van der Waals surface area contributed by atoms with Crippen molar-refractivity contribution in [2.75, 3.05) is 6.61 Å². The van der Waals surface area contributed by atoms with Crippen molar-refractivity contribution in [2.24, 2.45) is 5.92 Å². The first-order valence-electron chi connectivity index (χ1n) is 5.29. The lowest BCUT2D eigenvalue weighted by atomic mass is 10.0. The van der Waals surface area contributed by atoms with E-state index in [2.05, 4.69) is 0 Å². The van der Waals surface area contributed by atoms with Gasteiger partial charge >= 0.3 is 11.9 Å². The van der Waals surface area contributed by atoms with Crippen LogP contribution >= 0.6 is 24.0 Å². The fraction of sp³-hybridized carbons (Fsp3) is 0.600. The minimum Gasteiger partial charge on any atom is -0.480 e. The SMILES string of the molecule is CC(=O)OCC1C(=S)N2C(=O)C[C@H]2SC1C(=O)O. The van der Waals surface area contributed by atoms with Gasteiger partial charge in [0.25, 0.3) is 0 Å². The molecule has 2 saturated heterocycles. The molecule has 0 aromatic heterocycles. The number of carboxylic acid groups (broad SMARTS) is 1. The predicted octanol–water partition coefficient (Wildman–Crippen LogP) is 0.252. The van der Waals surface area contributed by atoms with Gasteiger partial charge in [0.15, 0.2) is 0 Å². The van der Waals surface area contributed by atoms with Crippen LogP contribution in [0.25, 0.3) is 0 Å². The second kappa shape index (κ2) is 4.85. The van der Waals surface area contributed by atoms with Crippen LogP contribution in [0.15, 0.2) is 0 Å². The summed E-state index contributed by atoms with van der Waals surface area (Å²) in [6.07, 6.45) is 0.314. The van der Waals surface area contributed by atoms with E-state index in [-0.39, 0.29) is 22.9 Å². The summed E-state index contributed by atoms with van der Waals surface area (Å²) in [7, 11) is 0. The van der Waals surface area contributed by atoms with Crippen LogP contribution in [0.2, 0.25) is 0 Å². The van der Waals surface area contributed by atoms with Gasteiger partial charge in [0, 0.05) is 6.92 Å². The number of nitrogens with zero attached hydrogens (tertiary/aromatic N) is 1. The standard InChI is InChI=1S/C10H11NO5S2/c1-4(12)16-3-5-8(10(14)15)18-7-2-6(13)11(7)9(5)17/h5,7-8H,2-3H2,1H3,(H,14,15)/t5?,7-,8?/m1/s1. The molecule has 1 amide bonds. The lowest BCUT2D eigenvalue weighted by molar-refractivity contribution is -0.145. The predicted molar refractivity (Wildman–Crippen MR) is 67.0 cm³/mol. The van der Waals surface area contributed by atoms with Crippen LogP contribution in [-0.4, -0.2) is 50.1 Å². The number of fused-ring (bicyclic) bond motifs is 1. The largest absolute Gasteiger partial charge is 0.480 e. The van der Waals surface area contributed by atoms with Gasteiger partial charge in [-0.15, -0.1) is 11.8 Å². The Morgan fingerprint density at radius 1 is 1.61 bits per heavy atom. The van der Waals surface area contributed by atoms with Crippen molar-refractivity contribution in [3.63, 3.8) is 0 Å². The quantitative estimate of drug-likeness (QED) is 0.453. The maximum Gasteiger partial charge on any atom is 0.317 e. The average Bonchev–Trinajstić information content (AvgIpc) is 2.24. The topological polar surface area (TPSA) is 83.9 Å². The zero-order chi connectivity index (χ0) is 13.4. The third-order valence-electron chi connectivity index (χ3n) is 2.84. The summed E-state index contributed by atoms with van der Waals surface area (Å²) < 4.78 is 4.83. The molecule has 0 aromatic carbocycles. The van der Waals surface area contributed by atoms with Gasteiger partial charge in [0.1, 0.15) is 11.9 Å². The number of carbonyl (C=O) groups is 3. The van der Waals surface area contributed by atoms with Gasteiger partial charge in [0.05, 0.1) is 22.7 Å². The van der Waals surface area contributed by atoms with Crippen molar-refractivity contribution < 1.29 is 24.2 Å². The van der Waals surface area contributed by atoms with E-state index >= 15 is 0 Å². The second-order valence-electron chi connectivity index (χ2n) is 4.06. The third-order valence-corrected chi connectivity index (χ3v) is 4.85. The summed E-state index contributed by atoms with van der Waals surface area (Å²) in [5, 5.41) is 8.21. The number of thiocarbonyl (C=S) groups is 1. The zero-order valence-electron chi connectivity index (χ0n) is 9.49. The first-order chi connectivity index (χ1) is 8.41. The Morgan fingerprint density at radius 3 is 2.78 bits per heavy atom. The highest BCUT2D eigenvalue weighted by Crippen LogP contribution is 2.42. The highest BCUT2D eigenvalue weighted by molar-refractivity contribution is 8.01. The number of hydrogen-bond donors (Lipinski definition) is 1. The van der Waals surface area contributed by atoms with Crippen molar-refractivity contribution in [3.8, 4) is 0 Å². The molecular formula is C10H11NO5S2. The molecule has 2 aliphatic heterocycles. The van der Waals surface area contributed by atoms with Gasteiger partial charge in [-0.2, -0.15) is 0 Å². The molecule has 0 bridgehead atoms. The van der Waals surface area contributed by atoms with E-state index in [4.69, 9.17) is 22.1 Å². The van der Waals surface area contributed by atoms with Crippen molar-refractivity contribution >= 4 is 46.8 Å². The van der Waals surface area contributed by atoms with Gasteiger partial charge in [-0.3, -0.25) is 19.3 Å². The van der Waals surface area contributed by atoms with Gasteiger partial charge in [-0.1, -0.05) is 12.2 Å². The van der Waals surface area contributed by atoms with Crippen molar-refractivity contribution in [1.82, 2.24) is 4.90 Å². The van der Waals surface area contributed by atoms with Crippen LogP contribution in [0.3, 0.4) is 0 Å². The molecule has 6 nitrogen and oxygen atoms in total. The molecular weight excluding hydrogens is 278 g/mol. The third kappa shape index (κ3) is 2.22. The first-order valence-corrected chi connectivity index (χ1v) is 6.64. The monoisotopic (exact) mass is 289 g/mol. The molecule has 18 heavy (non-hydrogen) atoms. The number of esters is 1. The number of hydrogen-bond acceptors (Lipinski definition) is 6. The number of carbonyl (C=O) groups excluding carboxylic acids is 2. The van der Waals surface area contributed by atoms with Crippen LogP contribution in [0.1, 0.15) is 13.3 Å². The Balaban J connectivity index is 2.15. The molecule has 2 unspecified atom stereocenters. The molecule has 2 rings (SSSR count). The van der Waals surface area contributed by atoms with Crippen LogP contribution in [0, 0.1) is 5.92 Å². The minimum absolute atomic E-state index is 0.103. The van der Waals surface area contributed by atoms with Gasteiger partial charge in [0.2, 0.25) is 5.91 Å². The van der Waals surface area contributed by atoms with Crippen LogP contribution in [-0.2, 0) is 19.1 Å². The Bertz CT molecular complexity index is 438. The molecule has 0 saturated carbocycles. The number of β-lactam (4-membered cyclic amide) rings is 1. The maximum absolute atomic E-state index is 11.4. The number of rotatable bonds is 3. The summed E-state index contributed by atoms with van der Waals surface area (Å²) in [5.74, 6) is -2.23. The van der Waals surface area contributed by atoms with Gasteiger partial charge in [-0.25, -0.2) is 0 Å². The molecule has 0 spiro atoms. The summed E-state index contributed by atoms with van der Waals surface area (Å²) in [6.45, 7) is 1.14. The smallest absolute Gasteiger partial charge is 0.317 e. The maximum atomic E-state index is 11.4. The lowest BCUT2D eigenvalue weighted by Crippen LogP contribution is -2.62. The van der Waals surface area contributed by atoms with Crippen LogP contribution < -0.4 is 0 Å². The average molecular weight is 289 g/mol. The Hall–Kier alpha value is -1.15. The molecule has 0 aliphatic carbocycles. The number of thioether (sulfide) groups is 1. The van der Waals surface area contributed by atoms with E-state index < -0.39 is 23.1 Å². The summed E-state index contributed by atoms with van der Waals surface area (Å²) in [4.78, 5) is 35.1.